The topological polar surface area (TPSA) is 58.4 Å². The number of likely N-dealkylation sites (tertiary alicyclic amines) is 1. The molecule has 1 amide bonds. The van der Waals surface area contributed by atoms with Crippen LogP contribution in [0.2, 0.25) is 0 Å². The summed E-state index contributed by atoms with van der Waals surface area (Å²) in [6.45, 7) is 11.8. The van der Waals surface area contributed by atoms with Crippen molar-refractivity contribution in [3.8, 4) is 11.3 Å². The SMILES string of the molecule is Cc1nc(CCC(=O)NCC(C(C)C)N2CCC(C)CC2)oc1-c1ccccc1. The zero-order valence-electron chi connectivity index (χ0n) is 18.3. The first-order valence-corrected chi connectivity index (χ1v) is 11.0. The third-order valence-electron chi connectivity index (χ3n) is 6.01. The molecule has 5 heteroatoms. The van der Waals surface area contributed by atoms with Gasteiger partial charge in [0, 0.05) is 31.0 Å². The summed E-state index contributed by atoms with van der Waals surface area (Å²) < 4.78 is 5.92. The lowest BCUT2D eigenvalue weighted by Crippen LogP contribution is -2.49. The largest absolute Gasteiger partial charge is 0.440 e. The van der Waals surface area contributed by atoms with Gasteiger partial charge in [0.05, 0.1) is 5.69 Å². The summed E-state index contributed by atoms with van der Waals surface area (Å²) in [7, 11) is 0. The molecule has 0 radical (unpaired) electrons. The Labute approximate surface area is 174 Å². The molecule has 1 aromatic heterocycles. The van der Waals surface area contributed by atoms with Crippen LogP contribution in [0.5, 0.6) is 0 Å². The molecular formula is C24H35N3O2. The Kier molecular flexibility index (Phi) is 7.48. The molecule has 1 saturated heterocycles. The van der Waals surface area contributed by atoms with Crippen molar-refractivity contribution in [1.82, 2.24) is 15.2 Å². The van der Waals surface area contributed by atoms with Crippen molar-refractivity contribution in [1.29, 1.82) is 0 Å². The normalized spacial score (nSPS) is 16.9. The van der Waals surface area contributed by atoms with Crippen LogP contribution in [0.1, 0.15) is 51.6 Å². The number of nitrogens with one attached hydrogen (secondary N) is 1. The van der Waals surface area contributed by atoms with E-state index < -0.39 is 0 Å². The average molecular weight is 398 g/mol. The number of rotatable bonds is 8. The highest BCUT2D eigenvalue weighted by Gasteiger charge is 2.26. The van der Waals surface area contributed by atoms with Crippen LogP contribution in [0.15, 0.2) is 34.7 Å². The molecule has 2 aromatic rings. The zero-order valence-corrected chi connectivity index (χ0v) is 18.3. The number of hydrogen-bond acceptors (Lipinski definition) is 4. The number of carbonyl (C=O) groups excluding carboxylic acids is 1. The molecule has 158 valence electrons. The Balaban J connectivity index is 1.49. The van der Waals surface area contributed by atoms with E-state index in [1.54, 1.807) is 0 Å². The molecule has 0 saturated carbocycles. The lowest BCUT2D eigenvalue weighted by Gasteiger charge is -2.38. The van der Waals surface area contributed by atoms with Gasteiger partial charge >= 0.3 is 0 Å². The maximum atomic E-state index is 12.4. The number of aryl methyl sites for hydroxylation is 2. The molecule has 1 atom stereocenters. The molecule has 5 nitrogen and oxygen atoms in total. The number of aromatic nitrogens is 1. The number of piperidine rings is 1. The highest BCUT2D eigenvalue weighted by Crippen LogP contribution is 2.25. The van der Waals surface area contributed by atoms with Gasteiger partial charge in [-0.3, -0.25) is 9.69 Å². The predicted octanol–water partition coefficient (Wildman–Crippen LogP) is 4.46. The Morgan fingerprint density at radius 1 is 1.24 bits per heavy atom. The maximum Gasteiger partial charge on any atom is 0.220 e. The van der Waals surface area contributed by atoms with Crippen LogP contribution >= 0.6 is 0 Å². The molecule has 0 aliphatic carbocycles. The fraction of sp³-hybridized carbons (Fsp3) is 0.583. The summed E-state index contributed by atoms with van der Waals surface area (Å²) in [5.41, 5.74) is 1.88. The van der Waals surface area contributed by atoms with Crippen LogP contribution < -0.4 is 5.32 Å². The van der Waals surface area contributed by atoms with Crippen molar-refractivity contribution in [2.45, 2.75) is 59.4 Å². The number of hydrogen-bond donors (Lipinski definition) is 1. The second-order valence-corrected chi connectivity index (χ2v) is 8.72. The molecule has 29 heavy (non-hydrogen) atoms. The van der Waals surface area contributed by atoms with Gasteiger partial charge in [0.2, 0.25) is 5.91 Å². The van der Waals surface area contributed by atoms with E-state index in [0.717, 1.165) is 36.0 Å². The number of oxazole rings is 1. The Morgan fingerprint density at radius 3 is 2.59 bits per heavy atom. The second-order valence-electron chi connectivity index (χ2n) is 8.72. The van der Waals surface area contributed by atoms with Gasteiger partial charge in [-0.1, -0.05) is 51.1 Å². The molecule has 1 aromatic carbocycles. The quantitative estimate of drug-likeness (QED) is 0.715. The molecule has 2 heterocycles. The first-order valence-electron chi connectivity index (χ1n) is 11.0. The zero-order chi connectivity index (χ0) is 20.8. The smallest absolute Gasteiger partial charge is 0.220 e. The van der Waals surface area contributed by atoms with Gasteiger partial charge in [-0.15, -0.1) is 0 Å². The molecule has 1 aliphatic heterocycles. The van der Waals surface area contributed by atoms with Crippen molar-refractivity contribution in [2.24, 2.45) is 11.8 Å². The first kappa shape index (κ1) is 21.6. The van der Waals surface area contributed by atoms with Crippen molar-refractivity contribution in [2.75, 3.05) is 19.6 Å². The van der Waals surface area contributed by atoms with E-state index in [4.69, 9.17) is 4.42 Å². The minimum absolute atomic E-state index is 0.0677. The average Bonchev–Trinajstić information content (AvgIpc) is 3.09. The molecule has 1 fully saturated rings. The van der Waals surface area contributed by atoms with Gasteiger partial charge in [0.15, 0.2) is 11.7 Å². The lowest BCUT2D eigenvalue weighted by atomic mass is 9.94. The van der Waals surface area contributed by atoms with Crippen LogP contribution in [0.4, 0.5) is 0 Å². The maximum absolute atomic E-state index is 12.4. The fourth-order valence-electron chi connectivity index (χ4n) is 4.09. The highest BCUT2D eigenvalue weighted by molar-refractivity contribution is 5.76. The number of benzene rings is 1. The number of nitrogens with zero attached hydrogens (tertiary/aromatic N) is 2. The van der Waals surface area contributed by atoms with E-state index in [-0.39, 0.29) is 5.91 Å². The van der Waals surface area contributed by atoms with Crippen LogP contribution in [-0.4, -0.2) is 41.5 Å². The number of carbonyl (C=O) groups is 1. The monoisotopic (exact) mass is 397 g/mol. The summed E-state index contributed by atoms with van der Waals surface area (Å²) in [5, 5.41) is 3.15. The van der Waals surface area contributed by atoms with Crippen molar-refractivity contribution in [3.05, 3.63) is 41.9 Å². The van der Waals surface area contributed by atoms with Crippen LogP contribution in [-0.2, 0) is 11.2 Å². The fourth-order valence-corrected chi connectivity index (χ4v) is 4.09. The van der Waals surface area contributed by atoms with E-state index in [1.165, 1.54) is 12.8 Å². The van der Waals surface area contributed by atoms with Gasteiger partial charge in [0.1, 0.15) is 0 Å². The van der Waals surface area contributed by atoms with Crippen molar-refractivity contribution < 1.29 is 9.21 Å². The van der Waals surface area contributed by atoms with Crippen LogP contribution in [0.3, 0.4) is 0 Å². The van der Waals surface area contributed by atoms with Gasteiger partial charge in [-0.2, -0.15) is 0 Å². The van der Waals surface area contributed by atoms with Gasteiger partial charge in [-0.05, 0) is 44.7 Å². The van der Waals surface area contributed by atoms with Crippen molar-refractivity contribution in [3.63, 3.8) is 0 Å². The Morgan fingerprint density at radius 2 is 1.93 bits per heavy atom. The van der Waals surface area contributed by atoms with E-state index >= 15 is 0 Å². The van der Waals surface area contributed by atoms with E-state index in [9.17, 15) is 4.79 Å². The number of amides is 1. The predicted molar refractivity (Wildman–Crippen MR) is 117 cm³/mol. The Bertz CT molecular complexity index is 777. The van der Waals surface area contributed by atoms with Crippen LogP contribution in [0, 0.1) is 18.8 Å². The Hall–Kier alpha value is -2.14. The highest BCUT2D eigenvalue weighted by atomic mass is 16.4. The summed E-state index contributed by atoms with van der Waals surface area (Å²) in [6, 6.07) is 10.4. The standard InChI is InChI=1S/C24H35N3O2/c1-17(2)21(27-14-12-18(3)13-15-27)16-25-22(28)10-11-23-26-19(4)24(29-23)20-8-6-5-7-9-20/h5-9,17-18,21H,10-16H2,1-4H3,(H,25,28). The minimum atomic E-state index is 0.0677. The van der Waals surface area contributed by atoms with Gasteiger partial charge in [-0.25, -0.2) is 4.98 Å². The van der Waals surface area contributed by atoms with Gasteiger partial charge < -0.3 is 9.73 Å². The van der Waals surface area contributed by atoms with Crippen molar-refractivity contribution >= 4 is 5.91 Å². The molecule has 1 aliphatic rings. The summed E-state index contributed by atoms with van der Waals surface area (Å²) in [4.78, 5) is 19.5. The molecule has 3 rings (SSSR count). The molecule has 0 spiro atoms. The second kappa shape index (κ2) is 10.1. The summed E-state index contributed by atoms with van der Waals surface area (Å²) in [6.07, 6.45) is 3.43. The lowest BCUT2D eigenvalue weighted by molar-refractivity contribution is -0.121. The van der Waals surface area contributed by atoms with E-state index in [1.807, 2.05) is 37.3 Å². The van der Waals surface area contributed by atoms with E-state index in [2.05, 4.69) is 36.0 Å². The summed E-state index contributed by atoms with van der Waals surface area (Å²) >= 11 is 0. The molecular weight excluding hydrogens is 362 g/mol. The molecule has 1 N–H and O–H groups in total. The molecule has 1 unspecified atom stereocenters. The first-order chi connectivity index (χ1) is 13.9. The van der Waals surface area contributed by atoms with Crippen LogP contribution in [0.25, 0.3) is 11.3 Å². The summed E-state index contributed by atoms with van der Waals surface area (Å²) in [5.74, 6) is 2.82. The third kappa shape index (κ3) is 5.92. The van der Waals surface area contributed by atoms with E-state index in [0.29, 0.717) is 37.2 Å². The third-order valence-corrected chi connectivity index (χ3v) is 6.01. The minimum Gasteiger partial charge on any atom is -0.440 e. The van der Waals surface area contributed by atoms with Gasteiger partial charge in [0.25, 0.3) is 0 Å². The molecule has 0 bridgehead atoms.